The molecule has 1 aromatic carbocycles. The third-order valence-electron chi connectivity index (χ3n) is 2.47. The molecule has 0 saturated heterocycles. The highest BCUT2D eigenvalue weighted by Gasteiger charge is 2.26. The Morgan fingerprint density at radius 3 is 2.50 bits per heavy atom. The van der Waals surface area contributed by atoms with Gasteiger partial charge >= 0.3 is 5.97 Å². The largest absolute Gasteiger partial charge is 0.480 e. The second-order valence-corrected chi connectivity index (χ2v) is 3.97. The molecule has 0 aliphatic rings. The topological polar surface area (TPSA) is 86.6 Å². The molecule has 0 aliphatic heterocycles. The van der Waals surface area contributed by atoms with E-state index < -0.39 is 29.8 Å². The van der Waals surface area contributed by atoms with Crippen LogP contribution < -0.4 is 5.32 Å². The van der Waals surface area contributed by atoms with E-state index in [-0.39, 0.29) is 11.1 Å². The highest BCUT2D eigenvalue weighted by atomic mass is 19.1. The first-order valence-corrected chi connectivity index (χ1v) is 5.31. The molecule has 18 heavy (non-hydrogen) atoms. The van der Waals surface area contributed by atoms with E-state index in [1.807, 2.05) is 0 Å². The predicted octanol–water partition coefficient (Wildman–Crippen LogP) is 0.698. The lowest BCUT2D eigenvalue weighted by molar-refractivity contribution is -0.141. The maximum Gasteiger partial charge on any atom is 0.328 e. The fraction of sp³-hybridized carbons (Fsp3) is 0.333. The summed E-state index contributed by atoms with van der Waals surface area (Å²) < 4.78 is 13.6. The summed E-state index contributed by atoms with van der Waals surface area (Å²) >= 11 is 0. The first kappa shape index (κ1) is 14.1. The Hall–Kier alpha value is -1.95. The molecule has 0 spiro atoms. The molecule has 0 radical (unpaired) electrons. The first-order chi connectivity index (χ1) is 8.34. The molecule has 0 aromatic heterocycles. The van der Waals surface area contributed by atoms with E-state index >= 15 is 0 Å². The molecule has 98 valence electrons. The van der Waals surface area contributed by atoms with E-state index in [2.05, 4.69) is 5.32 Å². The van der Waals surface area contributed by atoms with Crippen molar-refractivity contribution in [3.63, 3.8) is 0 Å². The van der Waals surface area contributed by atoms with Gasteiger partial charge in [0.25, 0.3) is 5.91 Å². The van der Waals surface area contributed by atoms with Crippen molar-refractivity contribution in [1.29, 1.82) is 0 Å². The molecule has 0 bridgehead atoms. The number of halogens is 1. The van der Waals surface area contributed by atoms with Gasteiger partial charge in [0.1, 0.15) is 5.82 Å². The number of hydrogen-bond donors (Lipinski definition) is 3. The van der Waals surface area contributed by atoms with E-state index in [1.165, 1.54) is 32.0 Å². The summed E-state index contributed by atoms with van der Waals surface area (Å²) in [6.45, 7) is 2.72. The Labute approximate surface area is 103 Å². The van der Waals surface area contributed by atoms with E-state index in [0.29, 0.717) is 0 Å². The number of rotatable bonds is 4. The average Bonchev–Trinajstić information content (AvgIpc) is 2.28. The smallest absolute Gasteiger partial charge is 0.328 e. The SMILES string of the molecule is Cc1cccc(C(=O)NC(C(=O)O)C(C)O)c1F. The van der Waals surface area contributed by atoms with Gasteiger partial charge in [-0.3, -0.25) is 4.79 Å². The number of benzene rings is 1. The van der Waals surface area contributed by atoms with Crippen LogP contribution >= 0.6 is 0 Å². The zero-order valence-electron chi connectivity index (χ0n) is 9.98. The summed E-state index contributed by atoms with van der Waals surface area (Å²) in [5.41, 5.74) is 0.0356. The highest BCUT2D eigenvalue weighted by molar-refractivity contribution is 5.97. The molecule has 2 atom stereocenters. The molecule has 0 saturated carbocycles. The van der Waals surface area contributed by atoms with Gasteiger partial charge in [0, 0.05) is 0 Å². The van der Waals surface area contributed by atoms with Crippen LogP contribution in [0, 0.1) is 12.7 Å². The number of hydrogen-bond acceptors (Lipinski definition) is 3. The lowest BCUT2D eigenvalue weighted by Gasteiger charge is -2.17. The quantitative estimate of drug-likeness (QED) is 0.739. The molecule has 0 heterocycles. The van der Waals surface area contributed by atoms with Gasteiger partial charge < -0.3 is 15.5 Å². The van der Waals surface area contributed by atoms with Gasteiger partial charge in [0.15, 0.2) is 6.04 Å². The van der Waals surface area contributed by atoms with Crippen LogP contribution in [-0.2, 0) is 4.79 Å². The fourth-order valence-electron chi connectivity index (χ4n) is 1.43. The summed E-state index contributed by atoms with van der Waals surface area (Å²) in [6.07, 6.45) is -1.28. The Bertz CT molecular complexity index is 473. The van der Waals surface area contributed by atoms with Crippen molar-refractivity contribution >= 4 is 11.9 Å². The molecule has 1 amide bonds. The lowest BCUT2D eigenvalue weighted by Crippen LogP contribution is -2.47. The van der Waals surface area contributed by atoms with Gasteiger partial charge in [0.2, 0.25) is 0 Å². The van der Waals surface area contributed by atoms with Gasteiger partial charge in [-0.1, -0.05) is 12.1 Å². The number of aryl methyl sites for hydroxylation is 1. The van der Waals surface area contributed by atoms with E-state index in [4.69, 9.17) is 5.11 Å². The van der Waals surface area contributed by atoms with Crippen molar-refractivity contribution in [3.8, 4) is 0 Å². The average molecular weight is 255 g/mol. The maximum atomic E-state index is 13.6. The minimum atomic E-state index is -1.47. The van der Waals surface area contributed by atoms with Gasteiger partial charge in [-0.05, 0) is 25.5 Å². The van der Waals surface area contributed by atoms with Crippen molar-refractivity contribution in [2.24, 2.45) is 0 Å². The Balaban J connectivity index is 2.94. The van der Waals surface area contributed by atoms with Gasteiger partial charge in [-0.2, -0.15) is 0 Å². The molecular formula is C12H14FNO4. The van der Waals surface area contributed by atoms with Crippen LogP contribution in [0.2, 0.25) is 0 Å². The van der Waals surface area contributed by atoms with E-state index in [0.717, 1.165) is 0 Å². The molecule has 5 nitrogen and oxygen atoms in total. The number of nitrogens with one attached hydrogen (secondary N) is 1. The third kappa shape index (κ3) is 3.04. The molecule has 2 unspecified atom stereocenters. The summed E-state index contributed by atoms with van der Waals surface area (Å²) in [4.78, 5) is 22.5. The third-order valence-corrected chi connectivity index (χ3v) is 2.47. The summed E-state index contributed by atoms with van der Waals surface area (Å²) in [6, 6.07) is 2.76. The Kier molecular flexibility index (Phi) is 4.38. The van der Waals surface area contributed by atoms with Crippen molar-refractivity contribution in [2.45, 2.75) is 26.0 Å². The van der Waals surface area contributed by atoms with Crippen molar-refractivity contribution in [1.82, 2.24) is 5.32 Å². The zero-order chi connectivity index (χ0) is 13.9. The van der Waals surface area contributed by atoms with Gasteiger partial charge in [0.05, 0.1) is 11.7 Å². The number of carbonyl (C=O) groups is 2. The molecule has 0 fully saturated rings. The summed E-state index contributed by atoms with van der Waals surface area (Å²) in [5, 5.41) is 20.1. The van der Waals surface area contributed by atoms with Crippen molar-refractivity contribution < 1.29 is 24.2 Å². The number of amides is 1. The first-order valence-electron chi connectivity index (χ1n) is 5.31. The monoisotopic (exact) mass is 255 g/mol. The zero-order valence-corrected chi connectivity index (χ0v) is 9.98. The van der Waals surface area contributed by atoms with Gasteiger partial charge in [-0.25, -0.2) is 9.18 Å². The lowest BCUT2D eigenvalue weighted by atomic mass is 10.1. The van der Waals surface area contributed by atoms with Crippen LogP contribution in [0.5, 0.6) is 0 Å². The summed E-state index contributed by atoms with van der Waals surface area (Å²) in [5.74, 6) is -2.96. The number of carbonyl (C=O) groups excluding carboxylic acids is 1. The summed E-state index contributed by atoms with van der Waals surface area (Å²) in [7, 11) is 0. The molecule has 1 rings (SSSR count). The number of aliphatic hydroxyl groups is 1. The predicted molar refractivity (Wildman–Crippen MR) is 61.7 cm³/mol. The van der Waals surface area contributed by atoms with E-state index in [1.54, 1.807) is 0 Å². The molecule has 1 aromatic rings. The van der Waals surface area contributed by atoms with Crippen molar-refractivity contribution in [3.05, 3.63) is 35.1 Å². The van der Waals surface area contributed by atoms with Crippen LogP contribution in [0.1, 0.15) is 22.8 Å². The van der Waals surface area contributed by atoms with Crippen LogP contribution in [0.15, 0.2) is 18.2 Å². The van der Waals surface area contributed by atoms with Crippen molar-refractivity contribution in [2.75, 3.05) is 0 Å². The fourth-order valence-corrected chi connectivity index (χ4v) is 1.43. The second-order valence-electron chi connectivity index (χ2n) is 3.97. The molecule has 3 N–H and O–H groups in total. The molecule has 0 aliphatic carbocycles. The number of carboxylic acid groups (broad SMARTS) is 1. The van der Waals surface area contributed by atoms with Crippen LogP contribution in [0.3, 0.4) is 0 Å². The molecular weight excluding hydrogens is 241 g/mol. The van der Waals surface area contributed by atoms with Gasteiger partial charge in [-0.15, -0.1) is 0 Å². The van der Waals surface area contributed by atoms with Crippen LogP contribution in [0.25, 0.3) is 0 Å². The van der Waals surface area contributed by atoms with Crippen LogP contribution in [0.4, 0.5) is 4.39 Å². The molecule has 6 heteroatoms. The van der Waals surface area contributed by atoms with Crippen LogP contribution in [-0.4, -0.2) is 34.2 Å². The second kappa shape index (κ2) is 5.59. The minimum Gasteiger partial charge on any atom is -0.480 e. The highest BCUT2D eigenvalue weighted by Crippen LogP contribution is 2.12. The Morgan fingerprint density at radius 1 is 1.39 bits per heavy atom. The van der Waals surface area contributed by atoms with E-state index in [9.17, 15) is 19.1 Å². The Morgan fingerprint density at radius 2 is 2.00 bits per heavy atom. The maximum absolute atomic E-state index is 13.6. The minimum absolute atomic E-state index is 0.248. The normalized spacial score (nSPS) is 13.8. The number of carboxylic acids is 1. The number of aliphatic hydroxyl groups excluding tert-OH is 1. The standard InChI is InChI=1S/C12H14FNO4/c1-6-4-3-5-8(9(6)13)11(16)14-10(7(2)15)12(17)18/h3-5,7,10,15H,1-2H3,(H,14,16)(H,17,18). The number of aliphatic carboxylic acids is 1.